The highest BCUT2D eigenvalue weighted by Gasteiger charge is 2.23. The second-order valence-electron chi connectivity index (χ2n) is 6.46. The maximum Gasteiger partial charge on any atom is 0.258 e. The average Bonchev–Trinajstić information content (AvgIpc) is 3.34. The Balaban J connectivity index is 0.00000280. The summed E-state index contributed by atoms with van der Waals surface area (Å²) in [6.07, 6.45) is 4.61. The zero-order chi connectivity index (χ0) is 18.9. The SMILES string of the molecule is CN=C(NCCc1ccco1)NCc1cccc(OCC(=O)NC2CC2)c1.I. The lowest BCUT2D eigenvalue weighted by molar-refractivity contribution is -0.123. The number of aliphatic imine (C=N–C) groups is 1. The monoisotopic (exact) mass is 498 g/mol. The first kappa shape index (κ1) is 22.1. The van der Waals surface area contributed by atoms with Crippen LogP contribution < -0.4 is 20.7 Å². The number of nitrogens with one attached hydrogen (secondary N) is 3. The number of hydrogen-bond acceptors (Lipinski definition) is 4. The van der Waals surface area contributed by atoms with Gasteiger partial charge in [0.25, 0.3) is 5.91 Å². The number of benzene rings is 1. The Kier molecular flexibility index (Phi) is 9.12. The van der Waals surface area contributed by atoms with Crippen LogP contribution >= 0.6 is 24.0 Å². The van der Waals surface area contributed by atoms with Crippen molar-refractivity contribution in [2.45, 2.75) is 31.8 Å². The molecule has 2 aromatic rings. The van der Waals surface area contributed by atoms with Crippen molar-refractivity contribution in [3.63, 3.8) is 0 Å². The van der Waals surface area contributed by atoms with E-state index in [-0.39, 0.29) is 36.5 Å². The van der Waals surface area contributed by atoms with E-state index in [4.69, 9.17) is 9.15 Å². The zero-order valence-corrected chi connectivity index (χ0v) is 18.3. The highest BCUT2D eigenvalue weighted by Crippen LogP contribution is 2.18. The molecule has 1 heterocycles. The molecule has 7 nitrogen and oxygen atoms in total. The molecule has 1 aromatic heterocycles. The molecule has 152 valence electrons. The van der Waals surface area contributed by atoms with E-state index < -0.39 is 0 Å². The molecule has 0 bridgehead atoms. The Morgan fingerprint density at radius 3 is 2.82 bits per heavy atom. The van der Waals surface area contributed by atoms with Crippen LogP contribution in [-0.2, 0) is 17.8 Å². The molecule has 0 atom stereocenters. The average molecular weight is 498 g/mol. The number of hydrogen-bond donors (Lipinski definition) is 3. The van der Waals surface area contributed by atoms with Gasteiger partial charge in [-0.3, -0.25) is 9.79 Å². The van der Waals surface area contributed by atoms with Crippen molar-refractivity contribution in [1.29, 1.82) is 0 Å². The maximum atomic E-state index is 11.7. The quantitative estimate of drug-likeness (QED) is 0.281. The molecule has 0 spiro atoms. The van der Waals surface area contributed by atoms with Crippen LogP contribution in [0.15, 0.2) is 52.1 Å². The van der Waals surface area contributed by atoms with Gasteiger partial charge in [-0.15, -0.1) is 24.0 Å². The predicted molar refractivity (Wildman–Crippen MR) is 119 cm³/mol. The van der Waals surface area contributed by atoms with Crippen molar-refractivity contribution in [2.75, 3.05) is 20.2 Å². The Hall–Kier alpha value is -2.23. The second kappa shape index (κ2) is 11.6. The third-order valence-electron chi connectivity index (χ3n) is 4.14. The molecule has 3 N–H and O–H groups in total. The summed E-state index contributed by atoms with van der Waals surface area (Å²) in [5.74, 6) is 2.27. The summed E-state index contributed by atoms with van der Waals surface area (Å²) in [5.41, 5.74) is 1.05. The summed E-state index contributed by atoms with van der Waals surface area (Å²) in [6.45, 7) is 1.38. The molecule has 0 saturated heterocycles. The topological polar surface area (TPSA) is 87.9 Å². The van der Waals surface area contributed by atoms with Crippen LogP contribution in [0.4, 0.5) is 0 Å². The van der Waals surface area contributed by atoms with Crippen LogP contribution in [0.2, 0.25) is 0 Å². The molecule has 1 aliphatic rings. The minimum Gasteiger partial charge on any atom is -0.484 e. The Morgan fingerprint density at radius 2 is 2.11 bits per heavy atom. The van der Waals surface area contributed by atoms with E-state index in [0.29, 0.717) is 18.3 Å². The lowest BCUT2D eigenvalue weighted by atomic mass is 10.2. The Morgan fingerprint density at radius 1 is 1.25 bits per heavy atom. The van der Waals surface area contributed by atoms with Gasteiger partial charge in [0.05, 0.1) is 6.26 Å². The van der Waals surface area contributed by atoms with Gasteiger partial charge in [0, 0.05) is 32.6 Å². The normalized spacial score (nSPS) is 13.4. The van der Waals surface area contributed by atoms with Crippen LogP contribution in [0.3, 0.4) is 0 Å². The van der Waals surface area contributed by atoms with E-state index in [0.717, 1.165) is 43.1 Å². The lowest BCUT2D eigenvalue weighted by Crippen LogP contribution is -2.37. The lowest BCUT2D eigenvalue weighted by Gasteiger charge is -2.12. The molecule has 1 fully saturated rings. The van der Waals surface area contributed by atoms with Crippen molar-refractivity contribution >= 4 is 35.8 Å². The molecule has 28 heavy (non-hydrogen) atoms. The third-order valence-corrected chi connectivity index (χ3v) is 4.14. The first-order valence-electron chi connectivity index (χ1n) is 9.21. The molecule has 0 unspecified atom stereocenters. The molecule has 1 aliphatic carbocycles. The third kappa shape index (κ3) is 7.79. The number of rotatable bonds is 9. The highest BCUT2D eigenvalue weighted by atomic mass is 127. The van der Waals surface area contributed by atoms with Crippen LogP contribution in [0.5, 0.6) is 5.75 Å². The van der Waals surface area contributed by atoms with Crippen LogP contribution in [-0.4, -0.2) is 38.1 Å². The number of carbonyl (C=O) groups is 1. The van der Waals surface area contributed by atoms with E-state index in [1.807, 2.05) is 36.4 Å². The van der Waals surface area contributed by atoms with E-state index in [9.17, 15) is 4.79 Å². The molecule has 1 aromatic carbocycles. The molecule has 1 amide bonds. The molecular weight excluding hydrogens is 471 g/mol. The molecule has 3 rings (SSSR count). The van der Waals surface area contributed by atoms with Gasteiger partial charge >= 0.3 is 0 Å². The number of carbonyl (C=O) groups excluding carboxylic acids is 1. The summed E-state index contributed by atoms with van der Waals surface area (Å²) < 4.78 is 10.9. The van der Waals surface area contributed by atoms with E-state index >= 15 is 0 Å². The van der Waals surface area contributed by atoms with Crippen LogP contribution in [0.25, 0.3) is 0 Å². The number of ether oxygens (including phenoxy) is 1. The number of halogens is 1. The van der Waals surface area contributed by atoms with Gasteiger partial charge in [-0.2, -0.15) is 0 Å². The largest absolute Gasteiger partial charge is 0.484 e. The first-order chi connectivity index (χ1) is 13.2. The minimum atomic E-state index is -0.0674. The first-order valence-corrected chi connectivity index (χ1v) is 9.21. The van der Waals surface area contributed by atoms with Crippen molar-refractivity contribution < 1.29 is 13.9 Å². The Labute approximate surface area is 182 Å². The molecule has 0 radical (unpaired) electrons. The Bertz CT molecular complexity index is 761. The smallest absolute Gasteiger partial charge is 0.258 e. The fourth-order valence-corrected chi connectivity index (χ4v) is 2.56. The van der Waals surface area contributed by atoms with E-state index in [2.05, 4.69) is 20.9 Å². The summed E-state index contributed by atoms with van der Waals surface area (Å²) in [7, 11) is 1.74. The number of amides is 1. The van der Waals surface area contributed by atoms with Gasteiger partial charge in [-0.05, 0) is 42.7 Å². The fourth-order valence-electron chi connectivity index (χ4n) is 2.56. The minimum absolute atomic E-state index is 0. The van der Waals surface area contributed by atoms with Crippen molar-refractivity contribution in [1.82, 2.24) is 16.0 Å². The number of guanidine groups is 1. The van der Waals surface area contributed by atoms with E-state index in [1.165, 1.54) is 0 Å². The maximum absolute atomic E-state index is 11.7. The van der Waals surface area contributed by atoms with Gasteiger partial charge in [0.15, 0.2) is 12.6 Å². The second-order valence-corrected chi connectivity index (χ2v) is 6.46. The molecule has 8 heteroatoms. The summed E-state index contributed by atoms with van der Waals surface area (Å²) in [6, 6.07) is 11.9. The predicted octanol–water partition coefficient (Wildman–Crippen LogP) is 2.46. The van der Waals surface area contributed by atoms with Crippen molar-refractivity contribution in [3.05, 3.63) is 54.0 Å². The summed E-state index contributed by atoms with van der Waals surface area (Å²) in [4.78, 5) is 15.9. The van der Waals surface area contributed by atoms with Gasteiger partial charge in [0.2, 0.25) is 0 Å². The zero-order valence-electron chi connectivity index (χ0n) is 15.9. The van der Waals surface area contributed by atoms with Crippen LogP contribution in [0, 0.1) is 0 Å². The van der Waals surface area contributed by atoms with Gasteiger partial charge in [-0.1, -0.05) is 12.1 Å². The standard InChI is InChI=1S/C20H26N4O3.HI/c1-21-20(22-10-9-17-6-3-11-26-17)23-13-15-4-2-5-18(12-15)27-14-19(25)24-16-7-8-16;/h2-6,11-12,16H,7-10,13-14H2,1H3,(H,24,25)(H2,21,22,23);1H. The van der Waals surface area contributed by atoms with Crippen LogP contribution in [0.1, 0.15) is 24.2 Å². The summed E-state index contributed by atoms with van der Waals surface area (Å²) >= 11 is 0. The van der Waals surface area contributed by atoms with Gasteiger partial charge in [-0.25, -0.2) is 0 Å². The van der Waals surface area contributed by atoms with Crippen molar-refractivity contribution in [2.24, 2.45) is 4.99 Å². The number of furan rings is 1. The number of nitrogens with zero attached hydrogens (tertiary/aromatic N) is 1. The van der Waals surface area contributed by atoms with Gasteiger partial charge < -0.3 is 25.1 Å². The van der Waals surface area contributed by atoms with Crippen molar-refractivity contribution in [3.8, 4) is 5.75 Å². The summed E-state index contributed by atoms with van der Waals surface area (Å²) in [5, 5.41) is 9.43. The highest BCUT2D eigenvalue weighted by molar-refractivity contribution is 14.0. The molecular formula is C20H27IN4O3. The van der Waals surface area contributed by atoms with E-state index in [1.54, 1.807) is 13.3 Å². The molecule has 0 aliphatic heterocycles. The fraction of sp³-hybridized carbons (Fsp3) is 0.400. The molecule has 1 saturated carbocycles. The van der Waals surface area contributed by atoms with Gasteiger partial charge in [0.1, 0.15) is 11.5 Å².